The molecule has 2 aromatic heterocycles. The predicted octanol–water partition coefficient (Wildman–Crippen LogP) is 3.34. The first-order valence-electron chi connectivity index (χ1n) is 10.5. The minimum absolute atomic E-state index is 0.167. The third-order valence-corrected chi connectivity index (χ3v) is 5.04. The Balaban J connectivity index is 1.71. The van der Waals surface area contributed by atoms with Gasteiger partial charge in [-0.25, -0.2) is 9.78 Å². The number of nitro groups is 1. The number of nitro benzene ring substituents is 1. The highest BCUT2D eigenvalue weighted by Crippen LogP contribution is 2.31. The minimum atomic E-state index is -0.935. The van der Waals surface area contributed by atoms with Crippen LogP contribution in [0.4, 0.5) is 27.5 Å². The largest absolute Gasteiger partial charge is 0.462 e. The van der Waals surface area contributed by atoms with Gasteiger partial charge in [0.25, 0.3) is 0 Å². The zero-order valence-electron chi connectivity index (χ0n) is 18.2. The van der Waals surface area contributed by atoms with E-state index in [0.29, 0.717) is 48.8 Å². The van der Waals surface area contributed by atoms with E-state index in [1.807, 2.05) is 4.90 Å². The van der Waals surface area contributed by atoms with Gasteiger partial charge in [0.1, 0.15) is 5.82 Å². The molecule has 1 fully saturated rings. The summed E-state index contributed by atoms with van der Waals surface area (Å²) in [6, 6.07) is 5.10. The van der Waals surface area contributed by atoms with Crippen molar-refractivity contribution in [1.82, 2.24) is 15.0 Å². The van der Waals surface area contributed by atoms with Crippen LogP contribution >= 0.6 is 0 Å². The molecule has 0 unspecified atom stereocenters. The van der Waals surface area contributed by atoms with Crippen molar-refractivity contribution < 1.29 is 23.6 Å². The molecule has 34 heavy (non-hydrogen) atoms. The monoisotopic (exact) mass is 468 g/mol. The second-order valence-electron chi connectivity index (χ2n) is 7.26. The fourth-order valence-corrected chi connectivity index (χ4v) is 3.43. The molecule has 12 heteroatoms. The highest BCUT2D eigenvalue weighted by Gasteiger charge is 2.21. The molecule has 1 aliphatic rings. The smallest absolute Gasteiger partial charge is 0.339 e. The molecule has 3 heterocycles. The van der Waals surface area contributed by atoms with Crippen LogP contribution in [-0.4, -0.2) is 58.8 Å². The van der Waals surface area contributed by atoms with Gasteiger partial charge in [-0.15, -0.1) is 0 Å². The summed E-state index contributed by atoms with van der Waals surface area (Å²) >= 11 is 0. The normalized spacial score (nSPS) is 13.4. The molecule has 1 aliphatic heterocycles. The van der Waals surface area contributed by atoms with E-state index < -0.39 is 22.4 Å². The van der Waals surface area contributed by atoms with Crippen LogP contribution in [0.1, 0.15) is 17.3 Å². The van der Waals surface area contributed by atoms with Gasteiger partial charge in [0, 0.05) is 54.6 Å². The molecule has 0 bridgehead atoms. The molecule has 0 atom stereocenters. The second kappa shape index (κ2) is 10.2. The van der Waals surface area contributed by atoms with E-state index in [4.69, 9.17) is 9.47 Å². The van der Waals surface area contributed by atoms with E-state index in [-0.39, 0.29) is 18.2 Å². The van der Waals surface area contributed by atoms with Gasteiger partial charge < -0.3 is 19.7 Å². The number of rotatable bonds is 7. The fraction of sp³-hybridized carbons (Fsp3) is 0.273. The van der Waals surface area contributed by atoms with Crippen molar-refractivity contribution in [3.8, 4) is 11.1 Å². The molecule has 0 radical (unpaired) electrons. The van der Waals surface area contributed by atoms with Crippen molar-refractivity contribution in [2.45, 2.75) is 6.92 Å². The number of ether oxygens (including phenoxy) is 2. The number of benzene rings is 1. The summed E-state index contributed by atoms with van der Waals surface area (Å²) in [5, 5.41) is 13.9. The molecule has 0 spiro atoms. The molecule has 1 saturated heterocycles. The zero-order chi connectivity index (χ0) is 24.1. The number of anilines is 3. The molecular weight excluding hydrogens is 447 g/mol. The van der Waals surface area contributed by atoms with Crippen molar-refractivity contribution in [3.63, 3.8) is 0 Å². The zero-order valence-corrected chi connectivity index (χ0v) is 18.2. The van der Waals surface area contributed by atoms with Crippen molar-refractivity contribution in [1.29, 1.82) is 0 Å². The second-order valence-corrected chi connectivity index (χ2v) is 7.26. The van der Waals surface area contributed by atoms with Crippen LogP contribution in [-0.2, 0) is 9.47 Å². The maximum Gasteiger partial charge on any atom is 0.339 e. The molecule has 1 N–H and O–H groups in total. The lowest BCUT2D eigenvalue weighted by Crippen LogP contribution is -2.37. The lowest BCUT2D eigenvalue weighted by atomic mass is 10.1. The Morgan fingerprint density at radius 1 is 1.26 bits per heavy atom. The standard InChI is InChI=1S/C22H21FN6O5/c1-2-34-21(30)15-9-14(11-24-12-15)17-13-25-22(27-20(17)28-5-7-33-8-6-28)26-16-3-4-18(23)19(10-16)29(31)32/h3-4,9-13H,2,5-8H2,1H3,(H,25,26,27). The summed E-state index contributed by atoms with van der Waals surface area (Å²) < 4.78 is 24.2. The van der Waals surface area contributed by atoms with Crippen LogP contribution in [0.5, 0.6) is 0 Å². The highest BCUT2D eigenvalue weighted by molar-refractivity contribution is 5.91. The average Bonchev–Trinajstić information content (AvgIpc) is 2.86. The number of hydrogen-bond acceptors (Lipinski definition) is 10. The van der Waals surface area contributed by atoms with Crippen LogP contribution in [0.2, 0.25) is 0 Å². The van der Waals surface area contributed by atoms with E-state index in [1.165, 1.54) is 12.3 Å². The number of halogens is 1. The fourth-order valence-electron chi connectivity index (χ4n) is 3.43. The number of esters is 1. The molecule has 0 aliphatic carbocycles. The Hall–Kier alpha value is -4.19. The van der Waals surface area contributed by atoms with Crippen LogP contribution < -0.4 is 10.2 Å². The van der Waals surface area contributed by atoms with Gasteiger partial charge in [0.2, 0.25) is 11.8 Å². The van der Waals surface area contributed by atoms with Crippen LogP contribution in [0.3, 0.4) is 0 Å². The highest BCUT2D eigenvalue weighted by atomic mass is 19.1. The summed E-state index contributed by atoms with van der Waals surface area (Å²) in [4.78, 5) is 37.5. The molecule has 4 rings (SSSR count). The average molecular weight is 468 g/mol. The van der Waals surface area contributed by atoms with Gasteiger partial charge in [-0.3, -0.25) is 15.1 Å². The van der Waals surface area contributed by atoms with Gasteiger partial charge in [-0.2, -0.15) is 9.37 Å². The first kappa shape index (κ1) is 23.0. The Labute approximate surface area is 193 Å². The van der Waals surface area contributed by atoms with Crippen molar-refractivity contribution in [2.75, 3.05) is 43.1 Å². The van der Waals surface area contributed by atoms with Crippen LogP contribution in [0.25, 0.3) is 11.1 Å². The molecule has 176 valence electrons. The Morgan fingerprint density at radius 2 is 2.06 bits per heavy atom. The first-order valence-corrected chi connectivity index (χ1v) is 10.5. The maximum atomic E-state index is 13.7. The van der Waals surface area contributed by atoms with Crippen LogP contribution in [0.15, 0.2) is 42.9 Å². The van der Waals surface area contributed by atoms with Crippen molar-refractivity contribution >= 4 is 29.1 Å². The van der Waals surface area contributed by atoms with E-state index in [0.717, 1.165) is 12.1 Å². The van der Waals surface area contributed by atoms with Crippen molar-refractivity contribution in [2.24, 2.45) is 0 Å². The molecule has 1 aromatic carbocycles. The molecule has 3 aromatic rings. The van der Waals surface area contributed by atoms with E-state index in [1.54, 1.807) is 25.4 Å². The van der Waals surface area contributed by atoms with Gasteiger partial charge in [-0.05, 0) is 25.1 Å². The Kier molecular flexibility index (Phi) is 6.87. The number of aromatic nitrogens is 3. The number of carbonyl (C=O) groups is 1. The summed E-state index contributed by atoms with van der Waals surface area (Å²) in [5.74, 6) is -0.683. The van der Waals surface area contributed by atoms with Gasteiger partial charge >= 0.3 is 11.7 Å². The predicted molar refractivity (Wildman–Crippen MR) is 121 cm³/mol. The third-order valence-electron chi connectivity index (χ3n) is 5.04. The topological polar surface area (TPSA) is 133 Å². The summed E-state index contributed by atoms with van der Waals surface area (Å²) in [6.45, 7) is 4.15. The molecule has 0 saturated carbocycles. The Bertz CT molecular complexity index is 1220. The third kappa shape index (κ3) is 5.07. The lowest BCUT2D eigenvalue weighted by molar-refractivity contribution is -0.387. The van der Waals surface area contributed by atoms with E-state index in [2.05, 4.69) is 20.3 Å². The van der Waals surface area contributed by atoms with Gasteiger partial charge in [-0.1, -0.05) is 0 Å². The van der Waals surface area contributed by atoms with Crippen LogP contribution in [0, 0.1) is 15.9 Å². The van der Waals surface area contributed by atoms with Gasteiger partial charge in [0.15, 0.2) is 0 Å². The molecule has 0 amide bonds. The van der Waals surface area contributed by atoms with E-state index >= 15 is 0 Å². The van der Waals surface area contributed by atoms with Crippen molar-refractivity contribution in [3.05, 3.63) is 64.4 Å². The van der Waals surface area contributed by atoms with E-state index in [9.17, 15) is 19.3 Å². The number of carbonyl (C=O) groups excluding carboxylic acids is 1. The number of pyridine rings is 1. The summed E-state index contributed by atoms with van der Waals surface area (Å²) in [7, 11) is 0. The molecular formula is C22H21FN6O5. The van der Waals surface area contributed by atoms with Gasteiger partial charge in [0.05, 0.1) is 30.3 Å². The quantitative estimate of drug-likeness (QED) is 0.313. The number of morpholine rings is 1. The Morgan fingerprint density at radius 3 is 2.79 bits per heavy atom. The molecule has 11 nitrogen and oxygen atoms in total. The number of nitrogens with zero attached hydrogens (tertiary/aromatic N) is 5. The lowest BCUT2D eigenvalue weighted by Gasteiger charge is -2.29. The maximum absolute atomic E-state index is 13.7. The number of nitrogens with one attached hydrogen (secondary N) is 1. The first-order chi connectivity index (χ1) is 16.5. The minimum Gasteiger partial charge on any atom is -0.462 e. The summed E-state index contributed by atoms with van der Waals surface area (Å²) in [6.07, 6.45) is 4.60. The summed E-state index contributed by atoms with van der Waals surface area (Å²) in [5.41, 5.74) is 1.16. The SMILES string of the molecule is CCOC(=O)c1cncc(-c2cnc(Nc3ccc(F)c([N+](=O)[O-])c3)nc2N2CCOCC2)c1. The number of hydrogen-bond donors (Lipinski definition) is 1.